The highest BCUT2D eigenvalue weighted by Gasteiger charge is 2.13. The Bertz CT molecular complexity index is 395. The number of carbonyl (C=O) groups excluding carboxylic acids is 1. The van der Waals surface area contributed by atoms with Gasteiger partial charge >= 0.3 is 0 Å². The summed E-state index contributed by atoms with van der Waals surface area (Å²) in [6.45, 7) is 8.22. The van der Waals surface area contributed by atoms with E-state index in [9.17, 15) is 4.79 Å². The van der Waals surface area contributed by atoms with Crippen LogP contribution >= 0.6 is 0 Å². The first kappa shape index (κ1) is 11.1. The van der Waals surface area contributed by atoms with Crippen LogP contribution in [-0.2, 0) is 0 Å². The second-order valence-corrected chi connectivity index (χ2v) is 4.35. The molecule has 1 N–H and O–H groups in total. The predicted octanol–water partition coefficient (Wildman–Crippen LogP) is 1.53. The zero-order valence-corrected chi connectivity index (χ0v) is 9.92. The van der Waals surface area contributed by atoms with Gasteiger partial charge in [0.1, 0.15) is 6.29 Å². The Labute approximate surface area is 96.5 Å². The number of carbonyl (C=O) groups is 1. The summed E-state index contributed by atoms with van der Waals surface area (Å²) in [5.41, 5.74) is 4.32. The van der Waals surface area contributed by atoms with Crippen LogP contribution in [-0.4, -0.2) is 32.5 Å². The van der Waals surface area contributed by atoms with E-state index in [1.54, 1.807) is 0 Å². The molecule has 0 atom stereocenters. The predicted molar refractivity (Wildman–Crippen MR) is 66.4 cm³/mol. The Hall–Kier alpha value is -1.35. The van der Waals surface area contributed by atoms with Gasteiger partial charge in [0.25, 0.3) is 0 Å². The van der Waals surface area contributed by atoms with E-state index in [1.807, 2.05) is 13.0 Å². The maximum atomic E-state index is 10.8. The van der Waals surface area contributed by atoms with Crippen molar-refractivity contribution in [3.8, 4) is 0 Å². The van der Waals surface area contributed by atoms with E-state index >= 15 is 0 Å². The normalized spacial score (nSPS) is 16.2. The molecule has 0 spiro atoms. The van der Waals surface area contributed by atoms with Crippen molar-refractivity contribution in [1.29, 1.82) is 0 Å². The number of rotatable bonds is 2. The molecule has 0 unspecified atom stereocenters. The molecule has 3 nitrogen and oxygen atoms in total. The van der Waals surface area contributed by atoms with Crippen LogP contribution in [0.1, 0.15) is 21.5 Å². The summed E-state index contributed by atoms with van der Waals surface area (Å²) in [7, 11) is 0. The molecule has 0 bridgehead atoms. The van der Waals surface area contributed by atoms with Crippen molar-refractivity contribution in [3.05, 3.63) is 28.8 Å². The van der Waals surface area contributed by atoms with Crippen LogP contribution in [0.3, 0.4) is 0 Å². The molecule has 1 saturated heterocycles. The molecule has 1 fully saturated rings. The number of hydrogen-bond donors (Lipinski definition) is 1. The molecule has 0 aromatic heterocycles. The highest BCUT2D eigenvalue weighted by molar-refractivity contribution is 5.79. The van der Waals surface area contributed by atoms with Gasteiger partial charge in [0, 0.05) is 37.4 Å². The van der Waals surface area contributed by atoms with Gasteiger partial charge in [-0.25, -0.2) is 0 Å². The number of benzene rings is 1. The average Bonchev–Trinajstić information content (AvgIpc) is 2.32. The number of hydrogen-bond acceptors (Lipinski definition) is 3. The molecule has 2 rings (SSSR count). The lowest BCUT2D eigenvalue weighted by atomic mass is 10.0. The van der Waals surface area contributed by atoms with Gasteiger partial charge in [-0.05, 0) is 37.1 Å². The summed E-state index contributed by atoms with van der Waals surface area (Å²) in [5, 5.41) is 3.34. The molecular weight excluding hydrogens is 200 g/mol. The Kier molecular flexibility index (Phi) is 3.25. The third kappa shape index (κ3) is 2.09. The van der Waals surface area contributed by atoms with Crippen molar-refractivity contribution in [3.63, 3.8) is 0 Å². The van der Waals surface area contributed by atoms with Crippen molar-refractivity contribution in [1.82, 2.24) is 5.32 Å². The maximum Gasteiger partial charge on any atom is 0.150 e. The Morgan fingerprint density at radius 2 is 1.88 bits per heavy atom. The number of piperazine rings is 1. The number of nitrogens with one attached hydrogen (secondary N) is 1. The van der Waals surface area contributed by atoms with Gasteiger partial charge in [0.05, 0.1) is 0 Å². The molecule has 1 heterocycles. The van der Waals surface area contributed by atoms with Crippen LogP contribution in [0.15, 0.2) is 12.1 Å². The summed E-state index contributed by atoms with van der Waals surface area (Å²) in [5.74, 6) is 0. The lowest BCUT2D eigenvalue weighted by molar-refractivity contribution is 0.112. The van der Waals surface area contributed by atoms with Crippen molar-refractivity contribution < 1.29 is 4.79 Å². The smallest absolute Gasteiger partial charge is 0.150 e. The van der Waals surface area contributed by atoms with Gasteiger partial charge in [-0.1, -0.05) is 0 Å². The van der Waals surface area contributed by atoms with Crippen molar-refractivity contribution in [2.45, 2.75) is 13.8 Å². The topological polar surface area (TPSA) is 32.3 Å². The van der Waals surface area contributed by atoms with Crippen LogP contribution in [0.2, 0.25) is 0 Å². The largest absolute Gasteiger partial charge is 0.369 e. The lowest BCUT2D eigenvalue weighted by Gasteiger charge is -2.31. The molecule has 1 aromatic carbocycles. The van der Waals surface area contributed by atoms with Crippen LogP contribution in [0.4, 0.5) is 5.69 Å². The summed E-state index contributed by atoms with van der Waals surface area (Å²) in [6.07, 6.45) is 0.934. The van der Waals surface area contributed by atoms with Crippen LogP contribution < -0.4 is 10.2 Å². The van der Waals surface area contributed by atoms with Gasteiger partial charge in [0.2, 0.25) is 0 Å². The Morgan fingerprint density at radius 3 is 2.50 bits per heavy atom. The fourth-order valence-electron chi connectivity index (χ4n) is 2.20. The van der Waals surface area contributed by atoms with Crippen molar-refractivity contribution in [2.24, 2.45) is 0 Å². The minimum atomic E-state index is 0.802. The fourth-order valence-corrected chi connectivity index (χ4v) is 2.20. The summed E-state index contributed by atoms with van der Waals surface area (Å²) in [6, 6.07) is 4.12. The van der Waals surface area contributed by atoms with E-state index in [2.05, 4.69) is 23.2 Å². The second kappa shape index (κ2) is 4.66. The molecule has 0 radical (unpaired) electrons. The second-order valence-electron chi connectivity index (χ2n) is 4.35. The average molecular weight is 218 g/mol. The zero-order valence-electron chi connectivity index (χ0n) is 9.92. The molecule has 1 aliphatic rings. The molecule has 16 heavy (non-hydrogen) atoms. The van der Waals surface area contributed by atoms with E-state index in [-0.39, 0.29) is 0 Å². The summed E-state index contributed by atoms with van der Waals surface area (Å²) >= 11 is 0. The SMILES string of the molecule is Cc1cc(N2CCNCC2)c(C)cc1C=O. The standard InChI is InChI=1S/C13H18N2O/c1-10-8-13(11(2)7-12(10)9-16)15-5-3-14-4-6-15/h7-9,14H,3-6H2,1-2H3. The van der Waals surface area contributed by atoms with Gasteiger partial charge in [-0.15, -0.1) is 0 Å². The maximum absolute atomic E-state index is 10.8. The Morgan fingerprint density at radius 1 is 1.19 bits per heavy atom. The summed E-state index contributed by atoms with van der Waals surface area (Å²) in [4.78, 5) is 13.2. The molecular formula is C13H18N2O. The number of nitrogens with zero attached hydrogens (tertiary/aromatic N) is 1. The van der Waals surface area contributed by atoms with Crippen LogP contribution in [0.25, 0.3) is 0 Å². The molecule has 0 saturated carbocycles. The van der Waals surface area contributed by atoms with E-state index in [1.165, 1.54) is 11.3 Å². The minimum Gasteiger partial charge on any atom is -0.369 e. The monoisotopic (exact) mass is 218 g/mol. The van der Waals surface area contributed by atoms with E-state index in [0.29, 0.717) is 0 Å². The molecule has 1 aromatic rings. The molecule has 86 valence electrons. The first-order valence-electron chi connectivity index (χ1n) is 5.74. The fraction of sp³-hybridized carbons (Fsp3) is 0.462. The lowest BCUT2D eigenvalue weighted by Crippen LogP contribution is -2.43. The van der Waals surface area contributed by atoms with Gasteiger partial charge in [0.15, 0.2) is 0 Å². The number of anilines is 1. The summed E-state index contributed by atoms with van der Waals surface area (Å²) < 4.78 is 0. The quantitative estimate of drug-likeness (QED) is 0.764. The molecule has 0 aliphatic carbocycles. The van der Waals surface area contributed by atoms with Crippen molar-refractivity contribution >= 4 is 12.0 Å². The van der Waals surface area contributed by atoms with Crippen LogP contribution in [0.5, 0.6) is 0 Å². The highest BCUT2D eigenvalue weighted by atomic mass is 16.1. The Balaban J connectivity index is 2.33. The minimum absolute atomic E-state index is 0.802. The van der Waals surface area contributed by atoms with Gasteiger partial charge < -0.3 is 10.2 Å². The third-order valence-corrected chi connectivity index (χ3v) is 3.17. The first-order chi connectivity index (χ1) is 7.72. The van der Waals surface area contributed by atoms with E-state index in [4.69, 9.17) is 0 Å². The van der Waals surface area contributed by atoms with E-state index in [0.717, 1.165) is 43.6 Å². The molecule has 0 amide bonds. The van der Waals surface area contributed by atoms with Crippen molar-refractivity contribution in [2.75, 3.05) is 31.1 Å². The van der Waals surface area contributed by atoms with E-state index < -0.39 is 0 Å². The third-order valence-electron chi connectivity index (χ3n) is 3.17. The van der Waals surface area contributed by atoms with Crippen LogP contribution in [0, 0.1) is 13.8 Å². The van der Waals surface area contributed by atoms with Gasteiger partial charge in [-0.3, -0.25) is 4.79 Å². The number of aryl methyl sites for hydroxylation is 2. The first-order valence-corrected chi connectivity index (χ1v) is 5.74. The number of aldehydes is 1. The van der Waals surface area contributed by atoms with Gasteiger partial charge in [-0.2, -0.15) is 0 Å². The molecule has 1 aliphatic heterocycles. The molecule has 3 heteroatoms. The zero-order chi connectivity index (χ0) is 11.5. The highest BCUT2D eigenvalue weighted by Crippen LogP contribution is 2.23.